The number of nitrogens with zero attached hydrogens (tertiary/aromatic N) is 1. The number of aromatic nitrogens is 1. The highest BCUT2D eigenvalue weighted by Crippen LogP contribution is 2.15. The van der Waals surface area contributed by atoms with Gasteiger partial charge in [-0.15, -0.1) is 0 Å². The van der Waals surface area contributed by atoms with E-state index < -0.39 is 12.8 Å². The first-order chi connectivity index (χ1) is 8.42. The molecule has 1 heterocycles. The Morgan fingerprint density at radius 2 is 2.17 bits per heavy atom. The van der Waals surface area contributed by atoms with Crippen molar-refractivity contribution in [1.29, 1.82) is 0 Å². The summed E-state index contributed by atoms with van der Waals surface area (Å²) in [6.45, 7) is 1.66. The summed E-state index contributed by atoms with van der Waals surface area (Å²) in [5, 5.41) is 3.12. The van der Waals surface area contributed by atoms with Crippen LogP contribution in [0, 0.1) is 0 Å². The van der Waals surface area contributed by atoms with Gasteiger partial charge in [0.1, 0.15) is 6.61 Å². The van der Waals surface area contributed by atoms with Gasteiger partial charge in [-0.2, -0.15) is 13.2 Å². The van der Waals surface area contributed by atoms with Crippen LogP contribution in [0.25, 0.3) is 0 Å². The molecule has 0 aromatic carbocycles. The lowest BCUT2D eigenvalue weighted by Gasteiger charge is -2.08. The first-order valence-electron chi connectivity index (χ1n) is 5.90. The largest absolute Gasteiger partial charge is 0.411 e. The van der Waals surface area contributed by atoms with Gasteiger partial charge in [-0.1, -0.05) is 0 Å². The zero-order valence-electron chi connectivity index (χ0n) is 10.6. The maximum Gasteiger partial charge on any atom is 0.411 e. The van der Waals surface area contributed by atoms with Gasteiger partial charge < -0.3 is 14.6 Å². The summed E-state index contributed by atoms with van der Waals surface area (Å²) in [7, 11) is 1.88. The van der Waals surface area contributed by atoms with Gasteiger partial charge in [-0.3, -0.25) is 0 Å². The Kier molecular flexibility index (Phi) is 5.68. The minimum absolute atomic E-state index is 0.120. The normalized spacial score (nSPS) is 13.8. The molecule has 0 aliphatic heterocycles. The van der Waals surface area contributed by atoms with Crippen LogP contribution in [0.2, 0.25) is 0 Å². The van der Waals surface area contributed by atoms with Crippen molar-refractivity contribution in [2.75, 3.05) is 20.3 Å². The lowest BCUT2D eigenvalue weighted by molar-refractivity contribution is -0.174. The Labute approximate surface area is 105 Å². The predicted octanol–water partition coefficient (Wildman–Crippen LogP) is 2.74. The van der Waals surface area contributed by atoms with Crippen LogP contribution < -0.4 is 5.32 Å². The van der Waals surface area contributed by atoms with Crippen LogP contribution in [0.3, 0.4) is 0 Å². The van der Waals surface area contributed by atoms with E-state index in [2.05, 4.69) is 10.1 Å². The monoisotopic (exact) mass is 264 g/mol. The first-order valence-corrected chi connectivity index (χ1v) is 5.90. The van der Waals surface area contributed by atoms with E-state index in [1.165, 1.54) is 0 Å². The van der Waals surface area contributed by atoms with Crippen molar-refractivity contribution in [3.05, 3.63) is 24.0 Å². The fourth-order valence-corrected chi connectivity index (χ4v) is 1.56. The maximum atomic E-state index is 11.8. The van der Waals surface area contributed by atoms with E-state index in [-0.39, 0.29) is 12.6 Å². The van der Waals surface area contributed by atoms with E-state index in [1.807, 2.05) is 37.0 Å². The standard InChI is InChI=1S/C12H19F3N2O/c1-10(16-2)11-4-6-17(8-11)5-3-7-18-9-12(13,14)15/h4,6,8,10,16H,3,5,7,9H2,1-2H3. The molecule has 0 saturated carbocycles. The molecule has 0 spiro atoms. The Morgan fingerprint density at radius 1 is 1.44 bits per heavy atom. The van der Waals surface area contributed by atoms with Crippen LogP contribution in [-0.4, -0.2) is 31.0 Å². The predicted molar refractivity (Wildman–Crippen MR) is 63.4 cm³/mol. The average Bonchev–Trinajstić information content (AvgIpc) is 2.75. The highest BCUT2D eigenvalue weighted by molar-refractivity contribution is 5.14. The third kappa shape index (κ3) is 5.55. The second kappa shape index (κ2) is 6.80. The van der Waals surface area contributed by atoms with Crippen LogP contribution in [0.4, 0.5) is 13.2 Å². The number of aryl methyl sites for hydroxylation is 1. The summed E-state index contributed by atoms with van der Waals surface area (Å²) in [6, 6.07) is 2.27. The second-order valence-corrected chi connectivity index (χ2v) is 4.21. The molecular formula is C12H19F3N2O. The number of rotatable bonds is 7. The van der Waals surface area contributed by atoms with Crippen LogP contribution in [0.15, 0.2) is 18.5 Å². The number of nitrogens with one attached hydrogen (secondary N) is 1. The SMILES string of the molecule is CNC(C)c1ccn(CCCOCC(F)(F)F)c1. The van der Waals surface area contributed by atoms with Gasteiger partial charge in [0.25, 0.3) is 0 Å². The lowest BCUT2D eigenvalue weighted by Crippen LogP contribution is -2.17. The molecule has 104 valence electrons. The van der Waals surface area contributed by atoms with Crippen molar-refractivity contribution in [3.8, 4) is 0 Å². The summed E-state index contributed by atoms with van der Waals surface area (Å²) in [5.74, 6) is 0. The molecule has 1 atom stereocenters. The summed E-state index contributed by atoms with van der Waals surface area (Å²) in [4.78, 5) is 0. The molecule has 1 rings (SSSR count). The van der Waals surface area contributed by atoms with Gasteiger partial charge in [-0.05, 0) is 32.0 Å². The van der Waals surface area contributed by atoms with E-state index in [1.54, 1.807) is 0 Å². The second-order valence-electron chi connectivity index (χ2n) is 4.21. The number of hydrogen-bond acceptors (Lipinski definition) is 2. The van der Waals surface area contributed by atoms with Crippen LogP contribution in [0.5, 0.6) is 0 Å². The lowest BCUT2D eigenvalue weighted by atomic mass is 10.2. The fourth-order valence-electron chi connectivity index (χ4n) is 1.56. The molecule has 0 aliphatic rings. The van der Waals surface area contributed by atoms with Crippen molar-refractivity contribution < 1.29 is 17.9 Å². The van der Waals surface area contributed by atoms with Gasteiger partial charge in [0.05, 0.1) is 0 Å². The Balaban J connectivity index is 2.22. The Morgan fingerprint density at radius 3 is 2.78 bits per heavy atom. The van der Waals surface area contributed by atoms with Gasteiger partial charge in [0.15, 0.2) is 0 Å². The molecule has 3 nitrogen and oxygen atoms in total. The number of halogens is 3. The molecule has 0 bridgehead atoms. The summed E-state index contributed by atoms with van der Waals surface area (Å²) in [6.07, 6.45) is 0.249. The van der Waals surface area contributed by atoms with E-state index >= 15 is 0 Å². The number of hydrogen-bond donors (Lipinski definition) is 1. The molecule has 1 N–H and O–H groups in total. The summed E-state index contributed by atoms with van der Waals surface area (Å²) in [5.41, 5.74) is 1.16. The van der Waals surface area contributed by atoms with Gasteiger partial charge in [0, 0.05) is 31.6 Å². The Hall–Kier alpha value is -1.01. The van der Waals surface area contributed by atoms with E-state index in [9.17, 15) is 13.2 Å². The van der Waals surface area contributed by atoms with E-state index in [4.69, 9.17) is 0 Å². The molecule has 1 unspecified atom stereocenters. The van der Waals surface area contributed by atoms with Crippen LogP contribution >= 0.6 is 0 Å². The summed E-state index contributed by atoms with van der Waals surface area (Å²) >= 11 is 0. The minimum atomic E-state index is -4.23. The van der Waals surface area contributed by atoms with E-state index in [0.717, 1.165) is 5.56 Å². The first kappa shape index (κ1) is 15.0. The highest BCUT2D eigenvalue weighted by Gasteiger charge is 2.27. The van der Waals surface area contributed by atoms with Crippen LogP contribution in [-0.2, 0) is 11.3 Å². The fraction of sp³-hybridized carbons (Fsp3) is 0.667. The van der Waals surface area contributed by atoms with Crippen molar-refractivity contribution in [2.45, 2.75) is 32.1 Å². The van der Waals surface area contributed by atoms with Gasteiger partial charge in [-0.25, -0.2) is 0 Å². The van der Waals surface area contributed by atoms with Gasteiger partial charge >= 0.3 is 6.18 Å². The average molecular weight is 264 g/mol. The van der Waals surface area contributed by atoms with Crippen molar-refractivity contribution >= 4 is 0 Å². The molecule has 0 amide bonds. The van der Waals surface area contributed by atoms with Crippen molar-refractivity contribution in [3.63, 3.8) is 0 Å². The molecule has 18 heavy (non-hydrogen) atoms. The quantitative estimate of drug-likeness (QED) is 0.766. The zero-order valence-corrected chi connectivity index (χ0v) is 10.6. The molecule has 0 radical (unpaired) electrons. The number of ether oxygens (including phenoxy) is 1. The maximum absolute atomic E-state index is 11.8. The zero-order chi connectivity index (χ0) is 13.6. The third-order valence-corrected chi connectivity index (χ3v) is 2.68. The summed E-state index contributed by atoms with van der Waals surface area (Å²) < 4.78 is 41.9. The molecule has 0 fully saturated rings. The topological polar surface area (TPSA) is 26.2 Å². The molecule has 1 aromatic rings. The van der Waals surface area contributed by atoms with E-state index in [0.29, 0.717) is 13.0 Å². The molecule has 6 heteroatoms. The van der Waals surface area contributed by atoms with Gasteiger partial charge in [0.2, 0.25) is 0 Å². The molecular weight excluding hydrogens is 245 g/mol. The number of alkyl halides is 3. The Bertz CT molecular complexity index is 349. The molecule has 1 aromatic heterocycles. The molecule has 0 saturated heterocycles. The third-order valence-electron chi connectivity index (χ3n) is 2.68. The van der Waals surface area contributed by atoms with Crippen molar-refractivity contribution in [2.24, 2.45) is 0 Å². The van der Waals surface area contributed by atoms with Crippen molar-refractivity contribution in [1.82, 2.24) is 9.88 Å². The minimum Gasteiger partial charge on any atom is -0.372 e. The van der Waals surface area contributed by atoms with Crippen LogP contribution in [0.1, 0.15) is 24.9 Å². The highest BCUT2D eigenvalue weighted by atomic mass is 19.4. The smallest absolute Gasteiger partial charge is 0.372 e. The molecule has 0 aliphatic carbocycles.